The first-order valence-corrected chi connectivity index (χ1v) is 10.8. The predicted molar refractivity (Wildman–Crippen MR) is 123 cm³/mol. The largest absolute Gasteiger partial charge is 0.497 e. The molecule has 1 heterocycles. The SMILES string of the molecule is COc1ccc(C2S/C(=C/c3ccccc3)C(=O)N2NC(=O)Cc2ccccc2)cc1. The number of carbonyl (C=O) groups excluding carboxylic acids is 2. The van der Waals surface area contributed by atoms with Crippen molar-refractivity contribution in [2.24, 2.45) is 0 Å². The fraction of sp³-hybridized carbons (Fsp3) is 0.120. The minimum absolute atomic E-state index is 0.197. The van der Waals surface area contributed by atoms with Crippen LogP contribution in [0.2, 0.25) is 0 Å². The lowest BCUT2D eigenvalue weighted by Gasteiger charge is -2.24. The van der Waals surface area contributed by atoms with Crippen LogP contribution in [0.1, 0.15) is 22.1 Å². The molecule has 0 saturated carbocycles. The maximum Gasteiger partial charge on any atom is 0.280 e. The minimum Gasteiger partial charge on any atom is -0.497 e. The molecular weight excluding hydrogens is 408 g/mol. The normalized spacial score (nSPS) is 17.1. The smallest absolute Gasteiger partial charge is 0.280 e. The number of hydrogen-bond donors (Lipinski definition) is 1. The Morgan fingerprint density at radius 1 is 1.00 bits per heavy atom. The van der Waals surface area contributed by atoms with Crippen molar-refractivity contribution in [2.75, 3.05) is 7.11 Å². The van der Waals surface area contributed by atoms with Crippen LogP contribution < -0.4 is 10.2 Å². The molecule has 1 aliphatic heterocycles. The summed E-state index contributed by atoms with van der Waals surface area (Å²) in [6, 6.07) is 26.7. The molecule has 1 aliphatic rings. The summed E-state index contributed by atoms with van der Waals surface area (Å²) in [6.07, 6.45) is 2.05. The van der Waals surface area contributed by atoms with Gasteiger partial charge in [0.25, 0.3) is 5.91 Å². The summed E-state index contributed by atoms with van der Waals surface area (Å²) in [5.41, 5.74) is 5.54. The van der Waals surface area contributed by atoms with Crippen LogP contribution in [0.4, 0.5) is 0 Å². The average Bonchev–Trinajstić information content (AvgIpc) is 3.10. The molecule has 1 unspecified atom stereocenters. The van der Waals surface area contributed by atoms with Crippen LogP contribution in [-0.2, 0) is 16.0 Å². The molecule has 5 nitrogen and oxygen atoms in total. The number of rotatable bonds is 6. The fourth-order valence-electron chi connectivity index (χ4n) is 3.30. The van der Waals surface area contributed by atoms with Crippen LogP contribution >= 0.6 is 11.8 Å². The van der Waals surface area contributed by atoms with Gasteiger partial charge in [0, 0.05) is 0 Å². The Kier molecular flexibility index (Phi) is 6.38. The van der Waals surface area contributed by atoms with Gasteiger partial charge < -0.3 is 4.74 Å². The highest BCUT2D eigenvalue weighted by molar-refractivity contribution is 8.04. The van der Waals surface area contributed by atoms with Crippen LogP contribution in [0.15, 0.2) is 89.8 Å². The number of hydrogen-bond acceptors (Lipinski definition) is 4. The van der Waals surface area contributed by atoms with Crippen molar-refractivity contribution in [3.8, 4) is 5.75 Å². The van der Waals surface area contributed by atoms with E-state index in [1.807, 2.05) is 91.0 Å². The Morgan fingerprint density at radius 3 is 2.29 bits per heavy atom. The van der Waals surface area contributed by atoms with Gasteiger partial charge >= 0.3 is 0 Å². The van der Waals surface area contributed by atoms with Crippen molar-refractivity contribution in [2.45, 2.75) is 11.8 Å². The Hall–Kier alpha value is -3.51. The van der Waals surface area contributed by atoms with Gasteiger partial charge in [0.15, 0.2) is 0 Å². The van der Waals surface area contributed by atoms with E-state index in [0.717, 1.165) is 22.4 Å². The average molecular weight is 431 g/mol. The zero-order chi connectivity index (χ0) is 21.6. The number of hydrazine groups is 1. The Balaban J connectivity index is 1.60. The molecule has 2 amide bonds. The standard InChI is InChI=1S/C25H22N2O3S/c1-30-21-14-12-20(13-15-21)25-27(26-23(28)17-19-10-6-3-7-11-19)24(29)22(31-25)16-18-8-4-2-5-9-18/h2-16,25H,17H2,1H3,(H,26,28)/b22-16+. The molecule has 0 bridgehead atoms. The predicted octanol–water partition coefficient (Wildman–Crippen LogP) is 4.58. The molecule has 1 atom stereocenters. The molecule has 156 valence electrons. The first-order valence-electron chi connectivity index (χ1n) is 9.88. The molecule has 0 spiro atoms. The van der Waals surface area contributed by atoms with E-state index in [9.17, 15) is 9.59 Å². The lowest BCUT2D eigenvalue weighted by molar-refractivity contribution is -0.137. The topological polar surface area (TPSA) is 58.6 Å². The second-order valence-electron chi connectivity index (χ2n) is 7.04. The Bertz CT molecular complexity index is 1080. The summed E-state index contributed by atoms with van der Waals surface area (Å²) in [5, 5.41) is 1.06. The van der Waals surface area contributed by atoms with Crippen molar-refractivity contribution >= 4 is 29.7 Å². The summed E-state index contributed by atoms with van der Waals surface area (Å²) in [5.74, 6) is 0.272. The van der Waals surface area contributed by atoms with Crippen LogP contribution in [-0.4, -0.2) is 23.9 Å². The number of ether oxygens (including phenoxy) is 1. The lowest BCUT2D eigenvalue weighted by atomic mass is 10.1. The zero-order valence-corrected chi connectivity index (χ0v) is 17.8. The summed E-state index contributed by atoms with van der Waals surface area (Å²) in [7, 11) is 1.61. The molecule has 31 heavy (non-hydrogen) atoms. The first-order chi connectivity index (χ1) is 15.1. The summed E-state index contributed by atoms with van der Waals surface area (Å²) < 4.78 is 5.24. The molecule has 0 aliphatic carbocycles. The van der Waals surface area contributed by atoms with Crippen LogP contribution in [0, 0.1) is 0 Å². The fourth-order valence-corrected chi connectivity index (χ4v) is 4.49. The first kappa shape index (κ1) is 20.8. The number of nitrogens with one attached hydrogen (secondary N) is 1. The second kappa shape index (κ2) is 9.53. The molecule has 4 rings (SSSR count). The van der Waals surface area contributed by atoms with E-state index >= 15 is 0 Å². The number of benzene rings is 3. The van der Waals surface area contributed by atoms with Gasteiger partial charge in [0.2, 0.25) is 5.91 Å². The molecule has 3 aromatic rings. The van der Waals surface area contributed by atoms with Crippen molar-refractivity contribution < 1.29 is 14.3 Å². The summed E-state index contributed by atoms with van der Waals surface area (Å²) in [4.78, 5) is 26.5. The van der Waals surface area contributed by atoms with Gasteiger partial charge in [-0.3, -0.25) is 15.0 Å². The molecular formula is C25H22N2O3S. The van der Waals surface area contributed by atoms with Crippen molar-refractivity contribution in [3.05, 3.63) is 107 Å². The van der Waals surface area contributed by atoms with Crippen molar-refractivity contribution in [3.63, 3.8) is 0 Å². The number of nitrogens with zero attached hydrogens (tertiary/aromatic N) is 1. The van der Waals surface area contributed by atoms with Crippen LogP contribution in [0.3, 0.4) is 0 Å². The van der Waals surface area contributed by atoms with E-state index in [1.54, 1.807) is 7.11 Å². The van der Waals surface area contributed by atoms with E-state index in [2.05, 4.69) is 5.43 Å². The van der Waals surface area contributed by atoms with Crippen LogP contribution in [0.25, 0.3) is 6.08 Å². The molecule has 0 aromatic heterocycles. The number of carbonyl (C=O) groups is 2. The summed E-state index contributed by atoms with van der Waals surface area (Å²) in [6.45, 7) is 0. The maximum atomic E-state index is 13.2. The van der Waals surface area contributed by atoms with Gasteiger partial charge in [-0.1, -0.05) is 84.6 Å². The van der Waals surface area contributed by atoms with Crippen molar-refractivity contribution in [1.82, 2.24) is 10.4 Å². The number of amides is 2. The van der Waals surface area contributed by atoms with E-state index in [1.165, 1.54) is 16.8 Å². The lowest BCUT2D eigenvalue weighted by Crippen LogP contribution is -2.44. The zero-order valence-electron chi connectivity index (χ0n) is 17.0. The highest BCUT2D eigenvalue weighted by Gasteiger charge is 2.38. The third-order valence-corrected chi connectivity index (χ3v) is 6.11. The minimum atomic E-state index is -0.368. The monoisotopic (exact) mass is 430 g/mol. The second-order valence-corrected chi connectivity index (χ2v) is 8.16. The Morgan fingerprint density at radius 2 is 1.65 bits per heavy atom. The van der Waals surface area contributed by atoms with Crippen molar-refractivity contribution in [1.29, 1.82) is 0 Å². The van der Waals surface area contributed by atoms with E-state index in [4.69, 9.17) is 4.74 Å². The molecule has 1 N–H and O–H groups in total. The van der Waals surface area contributed by atoms with E-state index < -0.39 is 0 Å². The van der Waals surface area contributed by atoms with E-state index in [0.29, 0.717) is 4.91 Å². The van der Waals surface area contributed by atoms with E-state index in [-0.39, 0.29) is 23.6 Å². The molecule has 3 aromatic carbocycles. The quantitative estimate of drug-likeness (QED) is 0.582. The molecule has 1 saturated heterocycles. The van der Waals surface area contributed by atoms with Gasteiger partial charge in [0.05, 0.1) is 18.4 Å². The molecule has 0 radical (unpaired) electrons. The van der Waals surface area contributed by atoms with Crippen LogP contribution in [0.5, 0.6) is 5.75 Å². The third-order valence-electron chi connectivity index (χ3n) is 4.85. The maximum absolute atomic E-state index is 13.2. The number of methoxy groups -OCH3 is 1. The molecule has 6 heteroatoms. The van der Waals surface area contributed by atoms with Gasteiger partial charge in [-0.05, 0) is 34.9 Å². The van der Waals surface area contributed by atoms with Gasteiger partial charge in [-0.25, -0.2) is 5.01 Å². The van der Waals surface area contributed by atoms with Gasteiger partial charge in [-0.2, -0.15) is 0 Å². The molecule has 1 fully saturated rings. The van der Waals surface area contributed by atoms with Gasteiger partial charge in [0.1, 0.15) is 11.1 Å². The number of thioether (sulfide) groups is 1. The highest BCUT2D eigenvalue weighted by Crippen LogP contribution is 2.45. The third kappa shape index (κ3) is 4.98. The van der Waals surface area contributed by atoms with Gasteiger partial charge in [-0.15, -0.1) is 0 Å². The highest BCUT2D eigenvalue weighted by atomic mass is 32.2. The Labute approximate surface area is 185 Å². The summed E-state index contributed by atoms with van der Waals surface area (Å²) >= 11 is 1.42.